The number of rotatable bonds is 4. The minimum atomic E-state index is -0.886. The van der Waals surface area contributed by atoms with Gasteiger partial charge in [0.2, 0.25) is 0 Å². The van der Waals surface area contributed by atoms with Crippen molar-refractivity contribution in [3.63, 3.8) is 0 Å². The maximum absolute atomic E-state index is 14.6. The smallest absolute Gasteiger partial charge is 0.116 e. The summed E-state index contributed by atoms with van der Waals surface area (Å²) in [6, 6.07) is 3.37. The average molecular weight is 388 g/mol. The van der Waals surface area contributed by atoms with Crippen molar-refractivity contribution < 1.29 is 4.39 Å². The van der Waals surface area contributed by atoms with Crippen molar-refractivity contribution in [2.75, 3.05) is 13.1 Å². The monoisotopic (exact) mass is 387 g/mol. The summed E-state index contributed by atoms with van der Waals surface area (Å²) in [4.78, 5) is 2.81. The van der Waals surface area contributed by atoms with E-state index >= 15 is 0 Å². The van der Waals surface area contributed by atoms with E-state index in [1.165, 1.54) is 64.5 Å². The van der Waals surface area contributed by atoms with Crippen molar-refractivity contribution in [3.05, 3.63) is 0 Å². The molecule has 9 atom stereocenters. The average Bonchev–Trinajstić information content (AvgIpc) is 3.47. The van der Waals surface area contributed by atoms with Crippen LogP contribution in [-0.4, -0.2) is 36.2 Å². The van der Waals surface area contributed by atoms with Crippen LogP contribution in [0.5, 0.6) is 0 Å². The van der Waals surface area contributed by atoms with E-state index in [1.54, 1.807) is 0 Å². The summed E-state index contributed by atoms with van der Waals surface area (Å²) in [7, 11) is 0. The number of nitriles is 1. The van der Waals surface area contributed by atoms with Gasteiger partial charge in [0.1, 0.15) is 6.17 Å². The number of halogens is 1. The van der Waals surface area contributed by atoms with Gasteiger partial charge in [0.15, 0.2) is 0 Å². The molecule has 0 aromatic heterocycles. The van der Waals surface area contributed by atoms with Crippen molar-refractivity contribution in [3.8, 4) is 6.07 Å². The van der Waals surface area contributed by atoms with Gasteiger partial charge in [-0.15, -0.1) is 0 Å². The summed E-state index contributed by atoms with van der Waals surface area (Å²) in [6.07, 6.45) is 12.3. The third-order valence-electron chi connectivity index (χ3n) is 9.20. The van der Waals surface area contributed by atoms with E-state index in [1.807, 2.05) is 0 Å². The number of alkyl halides is 1. The predicted octanol–water partition coefficient (Wildman–Crippen LogP) is 4.52. The van der Waals surface area contributed by atoms with E-state index in [0.717, 1.165) is 42.6 Å². The molecule has 2 N–H and O–H groups in total. The Morgan fingerprint density at radius 2 is 1.79 bits per heavy atom. The molecule has 1 aliphatic heterocycles. The molecule has 4 heteroatoms. The summed E-state index contributed by atoms with van der Waals surface area (Å²) in [6.45, 7) is 2.55. The quantitative estimate of drug-likeness (QED) is 0.772. The molecule has 0 amide bonds. The molecule has 5 rings (SSSR count). The van der Waals surface area contributed by atoms with Crippen LogP contribution in [0.25, 0.3) is 0 Å². The first-order chi connectivity index (χ1) is 13.6. The van der Waals surface area contributed by atoms with E-state index in [-0.39, 0.29) is 5.92 Å². The second-order valence-corrected chi connectivity index (χ2v) is 11.0. The van der Waals surface area contributed by atoms with Gasteiger partial charge in [0.05, 0.1) is 12.0 Å². The van der Waals surface area contributed by atoms with Crippen molar-refractivity contribution in [1.82, 2.24) is 4.90 Å². The zero-order valence-electron chi connectivity index (χ0n) is 17.3. The molecule has 4 aliphatic carbocycles. The van der Waals surface area contributed by atoms with Crippen LogP contribution in [0.1, 0.15) is 70.6 Å². The number of likely N-dealkylation sites (tertiary alicyclic amines) is 1. The zero-order chi connectivity index (χ0) is 19.3. The third kappa shape index (κ3) is 3.74. The molecular formula is C24H38FN3. The maximum atomic E-state index is 14.6. The highest BCUT2D eigenvalue weighted by Gasteiger charge is 2.48. The molecule has 1 saturated heterocycles. The highest BCUT2D eigenvalue weighted by molar-refractivity contribution is 5.01. The summed E-state index contributed by atoms with van der Waals surface area (Å²) in [5.41, 5.74) is 6.31. The highest BCUT2D eigenvalue weighted by atomic mass is 19.1. The van der Waals surface area contributed by atoms with Gasteiger partial charge in [-0.1, -0.05) is 6.42 Å². The number of nitrogens with two attached hydrogens (primary N) is 1. The molecule has 2 bridgehead atoms. The third-order valence-corrected chi connectivity index (χ3v) is 9.20. The zero-order valence-corrected chi connectivity index (χ0v) is 17.3. The summed E-state index contributed by atoms with van der Waals surface area (Å²) in [5, 5.41) is 9.20. The number of fused-ring (bicyclic) bond motifs is 2. The topological polar surface area (TPSA) is 53.0 Å². The second kappa shape index (κ2) is 7.88. The normalized spacial score (nSPS) is 49.7. The SMILES string of the molecule is N#CC1CCC(C2CCCC(CN3C[C@@H]4C[C@H](N)C[C@H]3C4)C2C2CC2)CC1F. The first kappa shape index (κ1) is 19.3. The van der Waals surface area contributed by atoms with Crippen LogP contribution >= 0.6 is 0 Å². The van der Waals surface area contributed by atoms with Crippen molar-refractivity contribution >= 4 is 0 Å². The fourth-order valence-electron chi connectivity index (χ4n) is 7.91. The molecule has 28 heavy (non-hydrogen) atoms. The van der Waals surface area contributed by atoms with Crippen LogP contribution in [0.3, 0.4) is 0 Å². The first-order valence-electron chi connectivity index (χ1n) is 12.2. The predicted molar refractivity (Wildman–Crippen MR) is 109 cm³/mol. The fraction of sp³-hybridized carbons (Fsp3) is 0.958. The van der Waals surface area contributed by atoms with Crippen molar-refractivity contribution in [2.24, 2.45) is 47.2 Å². The molecule has 5 fully saturated rings. The Balaban J connectivity index is 1.27. The number of hydrogen-bond donors (Lipinski definition) is 1. The Morgan fingerprint density at radius 1 is 0.964 bits per heavy atom. The Morgan fingerprint density at radius 3 is 2.54 bits per heavy atom. The minimum absolute atomic E-state index is 0.344. The Labute approximate surface area is 170 Å². The Hall–Kier alpha value is -0.660. The van der Waals surface area contributed by atoms with Gasteiger partial charge in [-0.25, -0.2) is 4.39 Å². The lowest BCUT2D eigenvalue weighted by Gasteiger charge is -2.46. The van der Waals surface area contributed by atoms with E-state index in [9.17, 15) is 9.65 Å². The highest BCUT2D eigenvalue weighted by Crippen LogP contribution is 2.54. The van der Waals surface area contributed by atoms with Crippen molar-refractivity contribution in [1.29, 1.82) is 5.26 Å². The van der Waals surface area contributed by atoms with Crippen LogP contribution in [0, 0.1) is 52.8 Å². The van der Waals surface area contributed by atoms with E-state index < -0.39 is 6.17 Å². The molecule has 156 valence electrons. The van der Waals surface area contributed by atoms with Gasteiger partial charge >= 0.3 is 0 Å². The lowest BCUT2D eigenvalue weighted by atomic mass is 9.61. The molecule has 0 aromatic rings. The van der Waals surface area contributed by atoms with Gasteiger partial charge in [-0.3, -0.25) is 4.90 Å². The minimum Gasteiger partial charge on any atom is -0.328 e. The van der Waals surface area contributed by atoms with Crippen LogP contribution < -0.4 is 5.73 Å². The molecule has 3 nitrogen and oxygen atoms in total. The molecule has 4 saturated carbocycles. The van der Waals surface area contributed by atoms with Gasteiger partial charge < -0.3 is 5.73 Å². The van der Waals surface area contributed by atoms with E-state index in [4.69, 9.17) is 5.73 Å². The molecule has 0 spiro atoms. The van der Waals surface area contributed by atoms with Gasteiger partial charge in [0.25, 0.3) is 0 Å². The number of nitrogens with zero attached hydrogens (tertiary/aromatic N) is 2. The Kier molecular flexibility index (Phi) is 5.43. The first-order valence-corrected chi connectivity index (χ1v) is 12.2. The molecule has 0 aromatic carbocycles. The molecule has 6 unspecified atom stereocenters. The summed E-state index contributed by atoms with van der Waals surface area (Å²) < 4.78 is 14.6. The fourth-order valence-corrected chi connectivity index (χ4v) is 7.91. The van der Waals surface area contributed by atoms with Gasteiger partial charge in [-0.05, 0) is 99.7 Å². The van der Waals surface area contributed by atoms with Crippen LogP contribution in [0.2, 0.25) is 0 Å². The molecule has 5 aliphatic rings. The van der Waals surface area contributed by atoms with Crippen LogP contribution in [0.4, 0.5) is 4.39 Å². The number of hydrogen-bond acceptors (Lipinski definition) is 3. The Bertz CT molecular complexity index is 599. The van der Waals surface area contributed by atoms with Crippen LogP contribution in [0.15, 0.2) is 0 Å². The maximum Gasteiger partial charge on any atom is 0.116 e. The largest absolute Gasteiger partial charge is 0.328 e. The van der Waals surface area contributed by atoms with Crippen molar-refractivity contribution in [2.45, 2.75) is 88.9 Å². The van der Waals surface area contributed by atoms with Gasteiger partial charge in [-0.2, -0.15) is 5.26 Å². The standard InChI is InChI=1S/C24H38FN3/c25-23-10-17(6-7-18(23)12-26)22-3-1-2-19(24(22)16-4-5-16)14-28-13-15-8-20(27)11-21(28)9-15/h15-24H,1-11,13-14,27H2/t15-,17?,18?,19?,20+,21-,22?,23?,24?/m1/s1. The second-order valence-electron chi connectivity index (χ2n) is 11.0. The summed E-state index contributed by atoms with van der Waals surface area (Å²) in [5.74, 6) is 4.27. The van der Waals surface area contributed by atoms with E-state index in [2.05, 4.69) is 11.0 Å². The lowest BCUT2D eigenvalue weighted by molar-refractivity contribution is 0.0203. The molecule has 1 heterocycles. The van der Waals surface area contributed by atoms with Crippen LogP contribution in [-0.2, 0) is 0 Å². The summed E-state index contributed by atoms with van der Waals surface area (Å²) >= 11 is 0. The molecular weight excluding hydrogens is 349 g/mol. The van der Waals surface area contributed by atoms with E-state index in [0.29, 0.717) is 24.3 Å². The molecule has 0 radical (unpaired) electrons. The van der Waals surface area contributed by atoms with Gasteiger partial charge in [0, 0.05) is 25.2 Å². The lowest BCUT2D eigenvalue weighted by Crippen LogP contribution is -2.44.